The van der Waals surface area contributed by atoms with Crippen LogP contribution in [0.2, 0.25) is 0 Å². The first kappa shape index (κ1) is 23.9. The standard InChI is InChI=1S/C21H17F7N4O2/c22-17-15(34-19(33)21(26,27)28)4-3-14-16(17)18(11-5-7-29-8-6-11)31-32(14)10-13-2-1-12(9-30-13)20(23,24)25/h1-4,9,11,29H,5-8,10H2. The number of carbonyl (C=O) groups excluding carboxylic acids is 1. The van der Waals surface area contributed by atoms with Crippen molar-refractivity contribution in [3.8, 4) is 5.75 Å². The molecule has 0 unspecified atom stereocenters. The average Bonchev–Trinajstić information content (AvgIpc) is 3.14. The molecule has 4 rings (SSSR count). The van der Waals surface area contributed by atoms with Gasteiger partial charge in [0, 0.05) is 12.1 Å². The number of carbonyl (C=O) groups is 1. The highest BCUT2D eigenvalue weighted by Gasteiger charge is 2.42. The average molecular weight is 490 g/mol. The number of ether oxygens (including phenoxy) is 1. The first-order valence-corrected chi connectivity index (χ1v) is 10.2. The van der Waals surface area contributed by atoms with Crippen molar-refractivity contribution in [1.82, 2.24) is 20.1 Å². The summed E-state index contributed by atoms with van der Waals surface area (Å²) in [7, 11) is 0. The smallest absolute Gasteiger partial charge is 0.417 e. The zero-order valence-electron chi connectivity index (χ0n) is 17.3. The number of hydrogen-bond donors (Lipinski definition) is 1. The lowest BCUT2D eigenvalue weighted by molar-refractivity contribution is -0.189. The van der Waals surface area contributed by atoms with Gasteiger partial charge in [-0.25, -0.2) is 9.18 Å². The Morgan fingerprint density at radius 2 is 1.79 bits per heavy atom. The fourth-order valence-electron chi connectivity index (χ4n) is 3.82. The van der Waals surface area contributed by atoms with Crippen LogP contribution in [-0.2, 0) is 17.5 Å². The maximum Gasteiger partial charge on any atom is 0.491 e. The largest absolute Gasteiger partial charge is 0.491 e. The van der Waals surface area contributed by atoms with Gasteiger partial charge >= 0.3 is 18.3 Å². The highest BCUT2D eigenvalue weighted by Crippen LogP contribution is 2.36. The second kappa shape index (κ2) is 8.85. The van der Waals surface area contributed by atoms with Gasteiger partial charge in [-0.1, -0.05) is 0 Å². The van der Waals surface area contributed by atoms with E-state index in [4.69, 9.17) is 0 Å². The molecule has 1 saturated heterocycles. The van der Waals surface area contributed by atoms with Crippen molar-refractivity contribution in [1.29, 1.82) is 0 Å². The number of benzene rings is 1. The minimum atomic E-state index is -5.31. The summed E-state index contributed by atoms with van der Waals surface area (Å²) >= 11 is 0. The van der Waals surface area contributed by atoms with Gasteiger partial charge in [0.2, 0.25) is 0 Å². The Morgan fingerprint density at radius 3 is 2.38 bits per heavy atom. The van der Waals surface area contributed by atoms with Gasteiger partial charge in [0.15, 0.2) is 11.6 Å². The predicted molar refractivity (Wildman–Crippen MR) is 105 cm³/mol. The number of piperidine rings is 1. The van der Waals surface area contributed by atoms with E-state index < -0.39 is 35.5 Å². The van der Waals surface area contributed by atoms with Gasteiger partial charge in [0.1, 0.15) is 0 Å². The van der Waals surface area contributed by atoms with Crippen LogP contribution in [0.3, 0.4) is 0 Å². The molecule has 1 aliphatic heterocycles. The molecule has 0 saturated carbocycles. The second-order valence-corrected chi connectivity index (χ2v) is 7.76. The van der Waals surface area contributed by atoms with Crippen molar-refractivity contribution in [2.75, 3.05) is 13.1 Å². The fraction of sp³-hybridized carbons (Fsp3) is 0.381. The highest BCUT2D eigenvalue weighted by atomic mass is 19.4. The molecule has 1 aliphatic rings. The van der Waals surface area contributed by atoms with E-state index in [1.807, 2.05) is 0 Å². The number of esters is 1. The summed E-state index contributed by atoms with van der Waals surface area (Å²) in [4.78, 5) is 15.0. The van der Waals surface area contributed by atoms with Crippen molar-refractivity contribution in [3.63, 3.8) is 0 Å². The van der Waals surface area contributed by atoms with Gasteiger partial charge in [-0.2, -0.15) is 31.4 Å². The summed E-state index contributed by atoms with van der Waals surface area (Å²) in [5, 5.41) is 7.47. The molecule has 182 valence electrons. The minimum Gasteiger partial charge on any atom is -0.417 e. The Labute approximate surface area is 187 Å². The molecule has 0 amide bonds. The molecule has 34 heavy (non-hydrogen) atoms. The summed E-state index contributed by atoms with van der Waals surface area (Å²) in [6.07, 6.45) is -8.03. The van der Waals surface area contributed by atoms with Crippen LogP contribution in [-0.4, -0.2) is 40.0 Å². The molecule has 13 heteroatoms. The number of nitrogens with zero attached hydrogens (tertiary/aromatic N) is 3. The second-order valence-electron chi connectivity index (χ2n) is 7.76. The molecule has 0 radical (unpaired) electrons. The summed E-state index contributed by atoms with van der Waals surface area (Å²) in [5.74, 6) is -4.85. The number of alkyl halides is 6. The zero-order valence-corrected chi connectivity index (χ0v) is 17.3. The molecule has 0 bridgehead atoms. The number of hydrogen-bond acceptors (Lipinski definition) is 5. The number of nitrogens with one attached hydrogen (secondary N) is 1. The minimum absolute atomic E-state index is 0.105. The van der Waals surface area contributed by atoms with Crippen LogP contribution in [0.1, 0.15) is 35.7 Å². The van der Waals surface area contributed by atoms with E-state index in [1.54, 1.807) is 0 Å². The van der Waals surface area contributed by atoms with Gasteiger partial charge in [-0.3, -0.25) is 9.67 Å². The van der Waals surface area contributed by atoms with Crippen molar-refractivity contribution in [2.45, 2.75) is 37.7 Å². The van der Waals surface area contributed by atoms with Crippen LogP contribution < -0.4 is 10.1 Å². The van der Waals surface area contributed by atoms with E-state index >= 15 is 4.39 Å². The van der Waals surface area contributed by atoms with Crippen LogP contribution in [0, 0.1) is 5.82 Å². The molecule has 0 atom stereocenters. The lowest BCUT2D eigenvalue weighted by atomic mass is 9.92. The van der Waals surface area contributed by atoms with Crippen LogP contribution in [0.25, 0.3) is 10.9 Å². The number of rotatable bonds is 4. The molecular weight excluding hydrogens is 473 g/mol. The molecule has 2 aromatic heterocycles. The quantitative estimate of drug-likeness (QED) is 0.330. The number of fused-ring (bicyclic) bond motifs is 1. The van der Waals surface area contributed by atoms with Crippen LogP contribution in [0.15, 0.2) is 30.5 Å². The molecule has 3 aromatic rings. The van der Waals surface area contributed by atoms with Crippen LogP contribution in [0.4, 0.5) is 30.7 Å². The first-order valence-electron chi connectivity index (χ1n) is 10.2. The van der Waals surface area contributed by atoms with E-state index in [9.17, 15) is 31.1 Å². The number of pyridine rings is 1. The topological polar surface area (TPSA) is 69.0 Å². The Hall–Kier alpha value is -3.22. The maximum atomic E-state index is 15.3. The first-order chi connectivity index (χ1) is 15.9. The lowest BCUT2D eigenvalue weighted by Gasteiger charge is -2.21. The zero-order chi connectivity index (χ0) is 24.7. The predicted octanol–water partition coefficient (Wildman–Crippen LogP) is 4.57. The molecule has 3 heterocycles. The SMILES string of the molecule is O=C(Oc1ccc2c(c(C3CCNCC3)nn2Cc2ccc(C(F)(F)F)cn2)c1F)C(F)(F)F. The highest BCUT2D eigenvalue weighted by molar-refractivity contribution is 5.86. The Bertz CT molecular complexity index is 1200. The number of halogens is 7. The monoisotopic (exact) mass is 490 g/mol. The Morgan fingerprint density at radius 1 is 1.09 bits per heavy atom. The van der Waals surface area contributed by atoms with Gasteiger partial charge in [-0.05, 0) is 50.2 Å². The van der Waals surface area contributed by atoms with Gasteiger partial charge in [0.05, 0.1) is 34.4 Å². The van der Waals surface area contributed by atoms with E-state index in [1.165, 1.54) is 10.7 Å². The molecule has 6 nitrogen and oxygen atoms in total. The summed E-state index contributed by atoms with van der Waals surface area (Å²) in [6, 6.07) is 4.15. The third-order valence-electron chi connectivity index (χ3n) is 5.47. The van der Waals surface area contributed by atoms with Gasteiger partial charge in [0.25, 0.3) is 0 Å². The summed E-state index contributed by atoms with van der Waals surface area (Å²) in [6.45, 7) is 1.12. The molecule has 0 aliphatic carbocycles. The number of aromatic nitrogens is 3. The summed E-state index contributed by atoms with van der Waals surface area (Å²) in [5.41, 5.74) is -0.272. The van der Waals surface area contributed by atoms with Crippen molar-refractivity contribution in [2.24, 2.45) is 0 Å². The van der Waals surface area contributed by atoms with E-state index in [2.05, 4.69) is 20.1 Å². The van der Waals surface area contributed by atoms with Gasteiger partial charge < -0.3 is 10.1 Å². The maximum absolute atomic E-state index is 15.3. The third-order valence-corrected chi connectivity index (χ3v) is 5.47. The van der Waals surface area contributed by atoms with Gasteiger partial charge in [-0.15, -0.1) is 0 Å². The Kier molecular flexibility index (Phi) is 6.23. The molecular formula is C21H17F7N4O2. The van der Waals surface area contributed by atoms with E-state index in [-0.39, 0.29) is 34.8 Å². The van der Waals surface area contributed by atoms with Crippen LogP contribution in [0.5, 0.6) is 5.75 Å². The lowest BCUT2D eigenvalue weighted by Crippen LogP contribution is -2.28. The van der Waals surface area contributed by atoms with Crippen LogP contribution >= 0.6 is 0 Å². The van der Waals surface area contributed by atoms with Crippen molar-refractivity contribution >= 4 is 16.9 Å². The normalized spacial score (nSPS) is 15.6. The van der Waals surface area contributed by atoms with E-state index in [0.29, 0.717) is 32.1 Å². The molecule has 1 N–H and O–H groups in total. The molecule has 0 spiro atoms. The summed E-state index contributed by atoms with van der Waals surface area (Å²) < 4.78 is 97.1. The van der Waals surface area contributed by atoms with Crippen molar-refractivity contribution < 1.29 is 40.3 Å². The fourth-order valence-corrected chi connectivity index (χ4v) is 3.82. The molecule has 1 aromatic carbocycles. The Balaban J connectivity index is 1.75. The van der Waals surface area contributed by atoms with Crippen molar-refractivity contribution in [3.05, 3.63) is 53.2 Å². The van der Waals surface area contributed by atoms with E-state index in [0.717, 1.165) is 18.2 Å². The third kappa shape index (κ3) is 4.83. The molecule has 1 fully saturated rings.